The number of nitrogen functional groups attached to an aromatic ring is 4. The summed E-state index contributed by atoms with van der Waals surface area (Å²) in [5, 5.41) is 6.08. The minimum atomic E-state index is 0.0973. The van der Waals surface area contributed by atoms with Crippen LogP contribution in [0.25, 0.3) is 0 Å². The molecule has 0 fully saturated rings. The average molecular weight is 320 g/mol. The topological polar surface area (TPSA) is 205 Å². The minimum Gasteiger partial charge on any atom is -0.368 e. The molecule has 12 nitrogen and oxygen atoms in total. The molecule has 2 aromatic rings. The Bertz CT molecular complexity index is 549. The van der Waals surface area contributed by atoms with Gasteiger partial charge >= 0.3 is 0 Å². The van der Waals surface area contributed by atoms with Crippen molar-refractivity contribution in [1.82, 2.24) is 29.9 Å². The first-order valence-corrected chi connectivity index (χ1v) is 7.05. The van der Waals surface area contributed by atoms with E-state index in [1.807, 2.05) is 0 Å². The van der Waals surface area contributed by atoms with E-state index in [-0.39, 0.29) is 23.8 Å². The van der Waals surface area contributed by atoms with Gasteiger partial charge in [-0.15, -0.1) is 0 Å². The van der Waals surface area contributed by atoms with Gasteiger partial charge in [0.05, 0.1) is 0 Å². The number of aromatic nitrogens is 6. The lowest BCUT2D eigenvalue weighted by Gasteiger charge is -2.07. The van der Waals surface area contributed by atoms with E-state index >= 15 is 0 Å². The molecule has 0 amide bonds. The summed E-state index contributed by atoms with van der Waals surface area (Å²) in [5.74, 6) is 1.15. The lowest BCUT2D eigenvalue weighted by molar-refractivity contribution is 0.715. The molecule has 0 saturated carbocycles. The smallest absolute Gasteiger partial charge is 0.229 e. The number of nitrogens with one attached hydrogen (secondary N) is 2. The number of hydrogen-bond donors (Lipinski definition) is 6. The van der Waals surface area contributed by atoms with Gasteiger partial charge in [-0.2, -0.15) is 29.9 Å². The molecule has 0 spiro atoms. The van der Waals surface area contributed by atoms with E-state index < -0.39 is 0 Å². The summed E-state index contributed by atoms with van der Waals surface area (Å²) in [4.78, 5) is 23.1. The summed E-state index contributed by atoms with van der Waals surface area (Å²) in [6.07, 6.45) is 2.83. The van der Waals surface area contributed by atoms with Crippen molar-refractivity contribution in [3.05, 3.63) is 0 Å². The molecule has 2 aromatic heterocycles. The minimum absolute atomic E-state index is 0.0973. The second-order valence-electron chi connectivity index (χ2n) is 4.67. The first-order chi connectivity index (χ1) is 11.0. The van der Waals surface area contributed by atoms with E-state index in [0.29, 0.717) is 25.0 Å². The van der Waals surface area contributed by atoms with Crippen LogP contribution in [0.2, 0.25) is 0 Å². The van der Waals surface area contributed by atoms with Crippen molar-refractivity contribution in [3.63, 3.8) is 0 Å². The molecule has 12 heteroatoms. The molecule has 0 unspecified atom stereocenters. The van der Waals surface area contributed by atoms with Crippen LogP contribution in [0.5, 0.6) is 0 Å². The number of nitrogens with two attached hydrogens (primary N) is 4. The van der Waals surface area contributed by atoms with Crippen LogP contribution in [-0.2, 0) is 0 Å². The molecule has 0 radical (unpaired) electrons. The monoisotopic (exact) mass is 320 g/mol. The number of rotatable bonds is 8. The highest BCUT2D eigenvalue weighted by Crippen LogP contribution is 2.06. The van der Waals surface area contributed by atoms with Crippen molar-refractivity contribution < 1.29 is 0 Å². The van der Waals surface area contributed by atoms with Crippen LogP contribution in [0.15, 0.2) is 0 Å². The molecule has 0 aromatic carbocycles. The highest BCUT2D eigenvalue weighted by Gasteiger charge is 2.02. The van der Waals surface area contributed by atoms with Crippen LogP contribution in [0.3, 0.4) is 0 Å². The van der Waals surface area contributed by atoms with Crippen LogP contribution in [0, 0.1) is 0 Å². The number of nitrogens with zero attached hydrogens (tertiary/aromatic N) is 6. The van der Waals surface area contributed by atoms with E-state index in [1.165, 1.54) is 0 Å². The molecule has 0 saturated heterocycles. The van der Waals surface area contributed by atoms with Crippen LogP contribution in [0.4, 0.5) is 35.7 Å². The van der Waals surface area contributed by atoms with Gasteiger partial charge in [0.1, 0.15) is 0 Å². The molecule has 0 bridgehead atoms. The Morgan fingerprint density at radius 2 is 0.870 bits per heavy atom. The molecule has 124 valence electrons. The molecule has 23 heavy (non-hydrogen) atoms. The largest absolute Gasteiger partial charge is 0.368 e. The highest BCUT2D eigenvalue weighted by atomic mass is 15.2. The summed E-state index contributed by atoms with van der Waals surface area (Å²) >= 11 is 0. The Balaban J connectivity index is 1.60. The Hall–Kier alpha value is -3.18. The average Bonchev–Trinajstić information content (AvgIpc) is 2.44. The maximum atomic E-state index is 5.48. The van der Waals surface area contributed by atoms with Gasteiger partial charge in [-0.3, -0.25) is 0 Å². The zero-order chi connectivity index (χ0) is 16.7. The quantitative estimate of drug-likeness (QED) is 0.326. The van der Waals surface area contributed by atoms with Crippen molar-refractivity contribution >= 4 is 35.7 Å². The first-order valence-electron chi connectivity index (χ1n) is 7.05. The van der Waals surface area contributed by atoms with Gasteiger partial charge in [-0.05, 0) is 19.3 Å². The molecule has 10 N–H and O–H groups in total. The molecular formula is C11H20N12. The molecular weight excluding hydrogens is 300 g/mol. The summed E-state index contributed by atoms with van der Waals surface area (Å²) in [5.41, 5.74) is 21.9. The fourth-order valence-corrected chi connectivity index (χ4v) is 1.80. The summed E-state index contributed by atoms with van der Waals surface area (Å²) < 4.78 is 0. The Morgan fingerprint density at radius 3 is 1.22 bits per heavy atom. The van der Waals surface area contributed by atoms with Crippen molar-refractivity contribution in [2.24, 2.45) is 0 Å². The lowest BCUT2D eigenvalue weighted by Crippen LogP contribution is -2.11. The summed E-state index contributed by atoms with van der Waals surface area (Å²) in [6, 6.07) is 0. The van der Waals surface area contributed by atoms with Gasteiger partial charge < -0.3 is 33.6 Å². The third kappa shape index (κ3) is 5.61. The number of unbranched alkanes of at least 4 members (excludes halogenated alkanes) is 2. The fourth-order valence-electron chi connectivity index (χ4n) is 1.80. The van der Waals surface area contributed by atoms with Crippen molar-refractivity contribution in [2.75, 3.05) is 46.7 Å². The van der Waals surface area contributed by atoms with Crippen LogP contribution >= 0.6 is 0 Å². The van der Waals surface area contributed by atoms with Gasteiger partial charge in [0.15, 0.2) is 0 Å². The van der Waals surface area contributed by atoms with E-state index in [0.717, 1.165) is 19.3 Å². The first kappa shape index (κ1) is 16.2. The highest BCUT2D eigenvalue weighted by molar-refractivity contribution is 5.37. The fraction of sp³-hybridized carbons (Fsp3) is 0.455. The molecule has 0 aliphatic heterocycles. The van der Waals surface area contributed by atoms with E-state index in [2.05, 4.69) is 40.5 Å². The second kappa shape index (κ2) is 7.72. The van der Waals surface area contributed by atoms with Crippen LogP contribution < -0.4 is 33.6 Å². The maximum Gasteiger partial charge on any atom is 0.229 e. The van der Waals surface area contributed by atoms with Crippen molar-refractivity contribution in [2.45, 2.75) is 19.3 Å². The third-order valence-corrected chi connectivity index (χ3v) is 2.76. The summed E-state index contributed by atoms with van der Waals surface area (Å²) in [6.45, 7) is 1.41. The predicted molar refractivity (Wildman–Crippen MR) is 88.1 cm³/mol. The zero-order valence-electron chi connectivity index (χ0n) is 12.5. The maximum absolute atomic E-state index is 5.48. The molecule has 0 atom stereocenters. The SMILES string of the molecule is Nc1nc(N)nc(NCCCCCNc2nc(N)nc(N)n2)n1. The van der Waals surface area contributed by atoms with Gasteiger partial charge in [-0.25, -0.2) is 0 Å². The predicted octanol–water partition coefficient (Wildman–Crippen LogP) is -0.920. The third-order valence-electron chi connectivity index (χ3n) is 2.76. The summed E-state index contributed by atoms with van der Waals surface area (Å²) in [7, 11) is 0. The molecule has 0 aliphatic carbocycles. The number of hydrogen-bond acceptors (Lipinski definition) is 12. The Labute approximate surface area is 132 Å². The van der Waals surface area contributed by atoms with E-state index in [1.54, 1.807) is 0 Å². The zero-order valence-corrected chi connectivity index (χ0v) is 12.5. The van der Waals surface area contributed by atoms with E-state index in [4.69, 9.17) is 22.9 Å². The van der Waals surface area contributed by atoms with Gasteiger partial charge in [0.2, 0.25) is 35.7 Å². The number of anilines is 6. The van der Waals surface area contributed by atoms with Crippen molar-refractivity contribution in [3.8, 4) is 0 Å². The Morgan fingerprint density at radius 1 is 0.522 bits per heavy atom. The van der Waals surface area contributed by atoms with E-state index in [9.17, 15) is 0 Å². The normalized spacial score (nSPS) is 10.4. The molecule has 2 rings (SSSR count). The van der Waals surface area contributed by atoms with Gasteiger partial charge in [0.25, 0.3) is 0 Å². The van der Waals surface area contributed by atoms with Gasteiger partial charge in [-0.1, -0.05) is 0 Å². The molecule has 0 aliphatic rings. The van der Waals surface area contributed by atoms with Crippen LogP contribution in [0.1, 0.15) is 19.3 Å². The second-order valence-corrected chi connectivity index (χ2v) is 4.67. The van der Waals surface area contributed by atoms with Crippen molar-refractivity contribution in [1.29, 1.82) is 0 Å². The molecule has 2 heterocycles. The van der Waals surface area contributed by atoms with Gasteiger partial charge in [0, 0.05) is 13.1 Å². The standard InChI is InChI=1S/C11H20N12/c12-6-18-7(13)21-10(20-6)16-4-2-1-3-5-17-11-22-8(14)19-9(15)23-11/h1-5H2,(H5,12,13,16,18,20,21)(H5,14,15,17,19,22,23). The lowest BCUT2D eigenvalue weighted by atomic mass is 10.2. The van der Waals surface area contributed by atoms with Crippen LogP contribution in [-0.4, -0.2) is 43.0 Å². The Kier molecular flexibility index (Phi) is 5.44.